The molecule has 0 aromatic heterocycles. The van der Waals surface area contributed by atoms with E-state index < -0.39 is 0 Å². The number of nitrogens with zero attached hydrogens (tertiary/aromatic N) is 1. The van der Waals surface area contributed by atoms with Crippen molar-refractivity contribution in [2.24, 2.45) is 0 Å². The molecule has 55 heavy (non-hydrogen) atoms. The van der Waals surface area contributed by atoms with Crippen LogP contribution in [0.25, 0.3) is 66.8 Å². The molecule has 0 amide bonds. The maximum atomic E-state index is 2.42. The molecule has 0 unspecified atom stereocenters. The minimum atomic E-state index is 1.08. The van der Waals surface area contributed by atoms with E-state index in [4.69, 9.17) is 0 Å². The van der Waals surface area contributed by atoms with Gasteiger partial charge < -0.3 is 4.90 Å². The fourth-order valence-electron chi connectivity index (χ4n) is 7.64. The van der Waals surface area contributed by atoms with Gasteiger partial charge in [-0.15, -0.1) is 0 Å². The summed E-state index contributed by atoms with van der Waals surface area (Å²) >= 11 is 0. The molecular weight excluding hydrogens is 663 g/mol. The van der Waals surface area contributed by atoms with Crippen LogP contribution < -0.4 is 4.90 Å². The first-order chi connectivity index (χ1) is 27.3. The Morgan fingerprint density at radius 1 is 0.200 bits per heavy atom. The Balaban J connectivity index is 1.21. The van der Waals surface area contributed by atoms with Crippen molar-refractivity contribution >= 4 is 17.1 Å². The summed E-state index contributed by atoms with van der Waals surface area (Å²) < 4.78 is 0. The molecule has 9 aromatic rings. The first-order valence-electron chi connectivity index (χ1n) is 18.8. The molecule has 0 aliphatic rings. The highest BCUT2D eigenvalue weighted by molar-refractivity contribution is 5.94. The van der Waals surface area contributed by atoms with Crippen LogP contribution in [-0.2, 0) is 0 Å². The predicted octanol–water partition coefficient (Wildman–Crippen LogP) is 15.2. The third-order valence-electron chi connectivity index (χ3n) is 10.3. The van der Waals surface area contributed by atoms with Gasteiger partial charge in [0, 0.05) is 16.9 Å². The van der Waals surface area contributed by atoms with Crippen molar-refractivity contribution in [3.63, 3.8) is 0 Å². The van der Waals surface area contributed by atoms with E-state index in [1.807, 2.05) is 0 Å². The molecule has 0 saturated heterocycles. The number of benzene rings is 9. The van der Waals surface area contributed by atoms with Gasteiger partial charge in [0.2, 0.25) is 0 Å². The SMILES string of the molecule is c1ccc(-c2cc(-c3ccccc3)cc(N(c3ccc(-c4ccccc4-c4ccccc4-c4ccccc4)cc3)c3ccccc3-c3ccccc3)c2)cc1. The standard InChI is InChI=1S/C54H39N/c1-5-19-40(20-6-1)45-37-46(41-21-7-2-8-22-41)39-48(38-45)55(54-32-18-17-29-51(54)43-25-11-4-12-26-43)47-35-33-44(34-36-47)50-28-14-16-31-53(50)52-30-15-13-27-49(52)42-23-9-3-10-24-42/h1-39H. The Morgan fingerprint density at radius 2 is 0.545 bits per heavy atom. The summed E-state index contributed by atoms with van der Waals surface area (Å²) in [7, 11) is 0. The van der Waals surface area contributed by atoms with E-state index in [9.17, 15) is 0 Å². The molecule has 1 nitrogen and oxygen atoms in total. The third-order valence-corrected chi connectivity index (χ3v) is 10.3. The average molecular weight is 702 g/mol. The van der Waals surface area contributed by atoms with Gasteiger partial charge in [-0.25, -0.2) is 0 Å². The number of hydrogen-bond donors (Lipinski definition) is 0. The summed E-state index contributed by atoms with van der Waals surface area (Å²) in [6, 6.07) is 85.0. The maximum absolute atomic E-state index is 2.42. The molecule has 0 fully saturated rings. The Labute approximate surface area is 324 Å². The topological polar surface area (TPSA) is 3.24 Å². The van der Waals surface area contributed by atoms with E-state index in [-0.39, 0.29) is 0 Å². The molecule has 9 aromatic carbocycles. The largest absolute Gasteiger partial charge is 0.310 e. The van der Waals surface area contributed by atoms with Gasteiger partial charge in [-0.2, -0.15) is 0 Å². The molecule has 0 aliphatic carbocycles. The second kappa shape index (κ2) is 15.4. The molecule has 0 bridgehead atoms. The van der Waals surface area contributed by atoms with Crippen molar-refractivity contribution in [1.82, 2.24) is 0 Å². The number of anilines is 3. The zero-order chi connectivity index (χ0) is 36.8. The predicted molar refractivity (Wildman–Crippen MR) is 234 cm³/mol. The van der Waals surface area contributed by atoms with E-state index >= 15 is 0 Å². The van der Waals surface area contributed by atoms with E-state index in [1.165, 1.54) is 66.8 Å². The first-order valence-corrected chi connectivity index (χ1v) is 18.8. The molecule has 0 spiro atoms. The van der Waals surface area contributed by atoms with E-state index in [0.717, 1.165) is 17.1 Å². The Hall–Kier alpha value is -7.22. The van der Waals surface area contributed by atoms with Crippen molar-refractivity contribution in [3.8, 4) is 66.8 Å². The maximum Gasteiger partial charge on any atom is 0.0540 e. The normalized spacial score (nSPS) is 10.9. The Bertz CT molecular complexity index is 2610. The first kappa shape index (κ1) is 33.6. The van der Waals surface area contributed by atoms with Crippen molar-refractivity contribution in [3.05, 3.63) is 237 Å². The fourth-order valence-corrected chi connectivity index (χ4v) is 7.64. The van der Waals surface area contributed by atoms with Crippen LogP contribution in [0.3, 0.4) is 0 Å². The second-order valence-electron chi connectivity index (χ2n) is 13.7. The molecule has 0 heterocycles. The highest BCUT2D eigenvalue weighted by atomic mass is 15.1. The Morgan fingerprint density at radius 3 is 1.02 bits per heavy atom. The van der Waals surface area contributed by atoms with Gasteiger partial charge in [-0.1, -0.05) is 200 Å². The summed E-state index contributed by atoms with van der Waals surface area (Å²) in [5.74, 6) is 0. The zero-order valence-corrected chi connectivity index (χ0v) is 30.5. The lowest BCUT2D eigenvalue weighted by atomic mass is 9.89. The summed E-state index contributed by atoms with van der Waals surface area (Å²) in [5, 5.41) is 0. The van der Waals surface area contributed by atoms with Crippen molar-refractivity contribution in [2.45, 2.75) is 0 Å². The molecular formula is C54H39N. The summed E-state index contributed by atoms with van der Waals surface area (Å²) in [4.78, 5) is 2.42. The van der Waals surface area contributed by atoms with E-state index in [1.54, 1.807) is 0 Å². The lowest BCUT2D eigenvalue weighted by molar-refractivity contribution is 1.28. The summed E-state index contributed by atoms with van der Waals surface area (Å²) in [5.41, 5.74) is 17.6. The molecule has 0 radical (unpaired) electrons. The van der Waals surface area contributed by atoms with Crippen LogP contribution in [0.1, 0.15) is 0 Å². The van der Waals surface area contributed by atoms with Crippen LogP contribution in [0.15, 0.2) is 237 Å². The van der Waals surface area contributed by atoms with Crippen LogP contribution in [0.5, 0.6) is 0 Å². The molecule has 9 rings (SSSR count). The van der Waals surface area contributed by atoms with Crippen LogP contribution in [0.2, 0.25) is 0 Å². The molecule has 260 valence electrons. The second-order valence-corrected chi connectivity index (χ2v) is 13.7. The minimum Gasteiger partial charge on any atom is -0.310 e. The summed E-state index contributed by atoms with van der Waals surface area (Å²) in [6.07, 6.45) is 0. The number of hydrogen-bond acceptors (Lipinski definition) is 1. The van der Waals surface area contributed by atoms with Crippen LogP contribution in [-0.4, -0.2) is 0 Å². The third kappa shape index (κ3) is 7.00. The van der Waals surface area contributed by atoms with E-state index in [2.05, 4.69) is 241 Å². The van der Waals surface area contributed by atoms with Crippen LogP contribution in [0.4, 0.5) is 17.1 Å². The van der Waals surface area contributed by atoms with Crippen LogP contribution in [0, 0.1) is 0 Å². The van der Waals surface area contributed by atoms with Crippen LogP contribution >= 0.6 is 0 Å². The molecule has 0 atom stereocenters. The van der Waals surface area contributed by atoms with Crippen molar-refractivity contribution in [1.29, 1.82) is 0 Å². The van der Waals surface area contributed by atoms with Gasteiger partial charge in [0.1, 0.15) is 0 Å². The van der Waals surface area contributed by atoms with Gasteiger partial charge in [0.05, 0.1) is 5.69 Å². The molecule has 0 aliphatic heterocycles. The molecule has 0 saturated carbocycles. The highest BCUT2D eigenvalue weighted by Gasteiger charge is 2.20. The summed E-state index contributed by atoms with van der Waals surface area (Å²) in [6.45, 7) is 0. The monoisotopic (exact) mass is 701 g/mol. The van der Waals surface area contributed by atoms with Gasteiger partial charge >= 0.3 is 0 Å². The Kier molecular flexibility index (Phi) is 9.41. The van der Waals surface area contributed by atoms with E-state index in [0.29, 0.717) is 0 Å². The van der Waals surface area contributed by atoms with Gasteiger partial charge in [0.15, 0.2) is 0 Å². The lowest BCUT2D eigenvalue weighted by Gasteiger charge is -2.29. The lowest BCUT2D eigenvalue weighted by Crippen LogP contribution is -2.11. The minimum absolute atomic E-state index is 1.08. The van der Waals surface area contributed by atoms with Gasteiger partial charge in [-0.05, 0) is 97.6 Å². The zero-order valence-electron chi connectivity index (χ0n) is 30.5. The van der Waals surface area contributed by atoms with Crippen molar-refractivity contribution in [2.75, 3.05) is 4.90 Å². The average Bonchev–Trinajstić information content (AvgIpc) is 3.28. The number of rotatable bonds is 9. The molecule has 1 heteroatoms. The van der Waals surface area contributed by atoms with Gasteiger partial charge in [0.25, 0.3) is 0 Å². The number of para-hydroxylation sites is 1. The highest BCUT2D eigenvalue weighted by Crippen LogP contribution is 2.45. The van der Waals surface area contributed by atoms with Crippen molar-refractivity contribution < 1.29 is 0 Å². The quantitative estimate of drug-likeness (QED) is 0.145. The fraction of sp³-hybridized carbons (Fsp3) is 0. The smallest absolute Gasteiger partial charge is 0.0540 e. The van der Waals surface area contributed by atoms with Gasteiger partial charge in [-0.3, -0.25) is 0 Å². The molecule has 0 N–H and O–H groups in total.